The first-order valence-corrected chi connectivity index (χ1v) is 9.33. The minimum absolute atomic E-state index is 0.0932. The van der Waals surface area contributed by atoms with Crippen LogP contribution < -0.4 is 16.0 Å². The second-order valence-corrected chi connectivity index (χ2v) is 6.27. The maximum atomic E-state index is 12.9. The summed E-state index contributed by atoms with van der Waals surface area (Å²) in [5, 5.41) is 7.71. The number of carbonyl (C=O) groups is 2. The largest absolute Gasteiger partial charge is 0.445 e. The van der Waals surface area contributed by atoms with Crippen LogP contribution in [0.5, 0.6) is 0 Å². The molecule has 0 spiro atoms. The number of aromatic nitrogens is 1. The molecule has 0 radical (unpaired) electrons. The first-order chi connectivity index (χ1) is 14.4. The van der Waals surface area contributed by atoms with Crippen LogP contribution in [0, 0.1) is 0 Å². The number of hydrogen-bond acceptors (Lipinski definition) is 5. The zero-order chi connectivity index (χ0) is 21.8. The Hall–Kier alpha value is -3.30. The molecule has 2 aromatic rings. The van der Waals surface area contributed by atoms with Crippen LogP contribution in [0.4, 0.5) is 23.8 Å². The number of pyridine rings is 1. The maximum absolute atomic E-state index is 12.9. The van der Waals surface area contributed by atoms with Gasteiger partial charge in [0.15, 0.2) is 0 Å². The summed E-state index contributed by atoms with van der Waals surface area (Å²) in [4.78, 5) is 27.0. The van der Waals surface area contributed by atoms with Gasteiger partial charge in [-0.1, -0.05) is 30.3 Å². The third-order valence-electron chi connectivity index (χ3n) is 3.92. The number of alkyl halides is 3. The van der Waals surface area contributed by atoms with Gasteiger partial charge in [-0.25, -0.2) is 9.78 Å². The van der Waals surface area contributed by atoms with Gasteiger partial charge in [0, 0.05) is 32.3 Å². The summed E-state index contributed by atoms with van der Waals surface area (Å²) in [6.07, 6.45) is -3.25. The molecule has 1 heterocycles. The van der Waals surface area contributed by atoms with Gasteiger partial charge in [-0.2, -0.15) is 13.2 Å². The monoisotopic (exact) mass is 424 g/mol. The van der Waals surface area contributed by atoms with E-state index >= 15 is 0 Å². The Labute approximate surface area is 172 Å². The van der Waals surface area contributed by atoms with Crippen molar-refractivity contribution in [2.45, 2.75) is 25.6 Å². The van der Waals surface area contributed by atoms with Gasteiger partial charge in [0.2, 0.25) is 5.91 Å². The van der Waals surface area contributed by atoms with Crippen LogP contribution in [0.2, 0.25) is 0 Å². The lowest BCUT2D eigenvalue weighted by Crippen LogP contribution is -2.30. The summed E-state index contributed by atoms with van der Waals surface area (Å²) in [5.74, 6) is -0.550. The standard InChI is InChI=1S/C20H23F3N4O3/c21-20(22,23)16-8-4-10-25-18(16)26-13-12-24-17(28)9-5-11-27-19(29)30-14-15-6-2-1-3-7-15/h1-4,6-8,10H,5,9,11-14H2,(H,24,28)(H,25,26)(H,27,29). The number of amides is 2. The van der Waals surface area contributed by atoms with Crippen molar-refractivity contribution in [2.24, 2.45) is 0 Å². The molecular formula is C20H23F3N4O3. The van der Waals surface area contributed by atoms with Crippen LogP contribution in [0.3, 0.4) is 0 Å². The number of anilines is 1. The number of ether oxygens (including phenoxy) is 1. The van der Waals surface area contributed by atoms with Crippen molar-refractivity contribution in [2.75, 3.05) is 25.0 Å². The molecular weight excluding hydrogens is 401 g/mol. The topological polar surface area (TPSA) is 92.4 Å². The molecule has 0 bridgehead atoms. The third-order valence-corrected chi connectivity index (χ3v) is 3.92. The Morgan fingerprint density at radius 2 is 1.73 bits per heavy atom. The van der Waals surface area contributed by atoms with Gasteiger partial charge in [-0.05, 0) is 24.1 Å². The zero-order valence-electron chi connectivity index (χ0n) is 16.2. The van der Waals surface area contributed by atoms with Gasteiger partial charge in [-0.3, -0.25) is 4.79 Å². The van der Waals surface area contributed by atoms with Crippen molar-refractivity contribution >= 4 is 17.8 Å². The van der Waals surface area contributed by atoms with Crippen LogP contribution >= 0.6 is 0 Å². The van der Waals surface area contributed by atoms with Gasteiger partial charge >= 0.3 is 12.3 Å². The number of rotatable bonds is 10. The number of nitrogens with zero attached hydrogens (tertiary/aromatic N) is 1. The molecule has 7 nitrogen and oxygen atoms in total. The molecule has 0 atom stereocenters. The van der Waals surface area contributed by atoms with Crippen LogP contribution in [0.25, 0.3) is 0 Å². The van der Waals surface area contributed by atoms with E-state index in [1.165, 1.54) is 12.3 Å². The molecule has 30 heavy (non-hydrogen) atoms. The highest BCUT2D eigenvalue weighted by molar-refractivity contribution is 5.76. The molecule has 3 N–H and O–H groups in total. The van der Waals surface area contributed by atoms with E-state index in [2.05, 4.69) is 20.9 Å². The van der Waals surface area contributed by atoms with Crippen molar-refractivity contribution in [1.29, 1.82) is 0 Å². The number of benzene rings is 1. The first kappa shape index (κ1) is 23.0. The fraction of sp³-hybridized carbons (Fsp3) is 0.350. The second-order valence-electron chi connectivity index (χ2n) is 6.27. The minimum atomic E-state index is -4.50. The van der Waals surface area contributed by atoms with Crippen LogP contribution in [-0.4, -0.2) is 36.6 Å². The molecule has 0 fully saturated rings. The minimum Gasteiger partial charge on any atom is -0.445 e. The Morgan fingerprint density at radius 3 is 2.47 bits per heavy atom. The van der Waals surface area contributed by atoms with Gasteiger partial charge in [0.25, 0.3) is 0 Å². The van der Waals surface area contributed by atoms with Gasteiger partial charge in [0.05, 0.1) is 5.56 Å². The van der Waals surface area contributed by atoms with Gasteiger partial charge < -0.3 is 20.7 Å². The molecule has 0 aliphatic carbocycles. The van der Waals surface area contributed by atoms with Crippen LogP contribution in [-0.2, 0) is 22.3 Å². The third kappa shape index (κ3) is 8.38. The normalized spacial score (nSPS) is 10.9. The van der Waals surface area contributed by atoms with E-state index in [1.807, 2.05) is 30.3 Å². The van der Waals surface area contributed by atoms with Crippen molar-refractivity contribution < 1.29 is 27.5 Å². The second kappa shape index (κ2) is 11.6. The lowest BCUT2D eigenvalue weighted by Gasteiger charge is -2.13. The van der Waals surface area contributed by atoms with E-state index in [0.717, 1.165) is 11.6 Å². The molecule has 0 saturated heterocycles. The highest BCUT2D eigenvalue weighted by Crippen LogP contribution is 2.33. The molecule has 0 unspecified atom stereocenters. The van der Waals surface area contributed by atoms with E-state index in [0.29, 0.717) is 6.42 Å². The number of carbonyl (C=O) groups excluding carboxylic acids is 2. The lowest BCUT2D eigenvalue weighted by molar-refractivity contribution is -0.137. The quantitative estimate of drug-likeness (QED) is 0.509. The van der Waals surface area contributed by atoms with E-state index in [9.17, 15) is 22.8 Å². The van der Waals surface area contributed by atoms with Crippen molar-refractivity contribution in [3.8, 4) is 0 Å². The number of nitrogens with one attached hydrogen (secondary N) is 3. The Bertz CT molecular complexity index is 816. The van der Waals surface area contributed by atoms with Crippen molar-refractivity contribution in [1.82, 2.24) is 15.6 Å². The molecule has 10 heteroatoms. The Morgan fingerprint density at radius 1 is 0.967 bits per heavy atom. The summed E-state index contributed by atoms with van der Waals surface area (Å²) in [7, 11) is 0. The number of alkyl carbamates (subject to hydrolysis) is 1. The molecule has 0 saturated carbocycles. The predicted molar refractivity (Wildman–Crippen MR) is 105 cm³/mol. The van der Waals surface area contributed by atoms with Crippen molar-refractivity contribution in [3.05, 3.63) is 59.8 Å². The zero-order valence-corrected chi connectivity index (χ0v) is 16.2. The SMILES string of the molecule is O=C(CCCNC(=O)OCc1ccccc1)NCCNc1ncccc1C(F)(F)F. The highest BCUT2D eigenvalue weighted by Gasteiger charge is 2.33. The molecule has 0 aliphatic rings. The average molecular weight is 424 g/mol. The molecule has 2 amide bonds. The molecule has 0 aliphatic heterocycles. The predicted octanol–water partition coefficient (Wildman–Crippen LogP) is 3.34. The highest BCUT2D eigenvalue weighted by atomic mass is 19.4. The summed E-state index contributed by atoms with van der Waals surface area (Å²) in [6.45, 7) is 0.657. The number of hydrogen-bond donors (Lipinski definition) is 3. The maximum Gasteiger partial charge on any atom is 0.419 e. The van der Waals surface area contributed by atoms with E-state index in [4.69, 9.17) is 4.74 Å². The van der Waals surface area contributed by atoms with E-state index in [1.54, 1.807) is 0 Å². The molecule has 1 aromatic carbocycles. The van der Waals surface area contributed by atoms with E-state index < -0.39 is 17.8 Å². The fourth-order valence-electron chi connectivity index (χ4n) is 2.46. The summed E-state index contributed by atoms with van der Waals surface area (Å²) < 4.78 is 43.6. The molecule has 1 aromatic heterocycles. The molecule has 162 valence electrons. The summed E-state index contributed by atoms with van der Waals surface area (Å²) in [6, 6.07) is 11.4. The first-order valence-electron chi connectivity index (χ1n) is 9.33. The Kier molecular flexibility index (Phi) is 8.92. The van der Waals surface area contributed by atoms with Crippen LogP contribution in [0.1, 0.15) is 24.0 Å². The van der Waals surface area contributed by atoms with E-state index in [-0.39, 0.29) is 44.4 Å². The van der Waals surface area contributed by atoms with Crippen LogP contribution in [0.15, 0.2) is 48.7 Å². The smallest absolute Gasteiger partial charge is 0.419 e. The fourth-order valence-corrected chi connectivity index (χ4v) is 2.46. The number of halogens is 3. The Balaban J connectivity index is 1.55. The summed E-state index contributed by atoms with van der Waals surface area (Å²) in [5.41, 5.74) is 0.00949. The van der Waals surface area contributed by atoms with Gasteiger partial charge in [-0.15, -0.1) is 0 Å². The van der Waals surface area contributed by atoms with Crippen molar-refractivity contribution in [3.63, 3.8) is 0 Å². The molecule has 2 rings (SSSR count). The lowest BCUT2D eigenvalue weighted by atomic mass is 10.2. The average Bonchev–Trinajstić information content (AvgIpc) is 2.73. The summed E-state index contributed by atoms with van der Waals surface area (Å²) >= 11 is 0. The van der Waals surface area contributed by atoms with Gasteiger partial charge in [0.1, 0.15) is 12.4 Å².